The molecule has 0 saturated heterocycles. The molecule has 0 aliphatic carbocycles. The van der Waals surface area contributed by atoms with Gasteiger partial charge in [-0.05, 0) is 30.5 Å². The van der Waals surface area contributed by atoms with Crippen molar-refractivity contribution in [1.82, 2.24) is 4.98 Å². The first kappa shape index (κ1) is 11.8. The lowest BCUT2D eigenvalue weighted by Gasteiger charge is -2.23. The lowest BCUT2D eigenvalue weighted by Crippen LogP contribution is -2.20. The summed E-state index contributed by atoms with van der Waals surface area (Å²) >= 11 is 0. The molecule has 2 rings (SSSR count). The summed E-state index contributed by atoms with van der Waals surface area (Å²) in [7, 11) is 1.58. The summed E-state index contributed by atoms with van der Waals surface area (Å²) < 4.78 is 10.5. The van der Waals surface area contributed by atoms with Gasteiger partial charge in [-0.15, -0.1) is 0 Å². The number of nitrogens with zero attached hydrogens (tertiary/aromatic N) is 1. The minimum absolute atomic E-state index is 0.140. The molecular weight excluding hydrogens is 218 g/mol. The largest absolute Gasteiger partial charge is 0.481 e. The maximum Gasteiger partial charge on any atom is 0.212 e. The molecule has 4 nitrogen and oxygen atoms in total. The van der Waals surface area contributed by atoms with Crippen LogP contribution in [-0.2, 0) is 9.53 Å². The van der Waals surface area contributed by atoms with Crippen molar-refractivity contribution < 1.29 is 14.3 Å². The van der Waals surface area contributed by atoms with E-state index in [0.717, 1.165) is 23.8 Å². The van der Waals surface area contributed by atoms with Crippen LogP contribution in [0, 0.1) is 0 Å². The average molecular weight is 233 g/mol. The molecule has 1 aromatic rings. The van der Waals surface area contributed by atoms with Gasteiger partial charge in [-0.2, -0.15) is 0 Å². The summed E-state index contributed by atoms with van der Waals surface area (Å²) in [4.78, 5) is 15.2. The second-order valence-electron chi connectivity index (χ2n) is 3.90. The number of hydrogen-bond acceptors (Lipinski definition) is 4. The first-order chi connectivity index (χ1) is 8.26. The molecule has 0 spiro atoms. The number of aromatic nitrogens is 1. The Bertz CT molecular complexity index is 436. The van der Waals surface area contributed by atoms with Crippen molar-refractivity contribution in [1.29, 1.82) is 0 Å². The zero-order chi connectivity index (χ0) is 12.3. The molecule has 0 radical (unpaired) electrons. The van der Waals surface area contributed by atoms with Gasteiger partial charge < -0.3 is 9.47 Å². The highest BCUT2D eigenvalue weighted by Gasteiger charge is 2.20. The van der Waals surface area contributed by atoms with E-state index in [1.807, 2.05) is 13.0 Å². The Kier molecular flexibility index (Phi) is 3.54. The number of methoxy groups -OCH3 is 1. The quantitative estimate of drug-likeness (QED) is 0.747. The van der Waals surface area contributed by atoms with Crippen LogP contribution in [0.15, 0.2) is 23.9 Å². The van der Waals surface area contributed by atoms with E-state index in [9.17, 15) is 4.79 Å². The molecule has 90 valence electrons. The third-order valence-corrected chi connectivity index (χ3v) is 2.93. The lowest BCUT2D eigenvalue weighted by atomic mass is 9.94. The van der Waals surface area contributed by atoms with Crippen molar-refractivity contribution in [2.45, 2.75) is 19.4 Å². The first-order valence-corrected chi connectivity index (χ1v) is 5.56. The number of hydrogen-bond donors (Lipinski definition) is 0. The smallest absolute Gasteiger partial charge is 0.212 e. The van der Waals surface area contributed by atoms with E-state index < -0.39 is 0 Å². The molecule has 0 amide bonds. The molecule has 0 bridgehead atoms. The maximum atomic E-state index is 11.1. The summed E-state index contributed by atoms with van der Waals surface area (Å²) in [6.45, 7) is 2.53. The van der Waals surface area contributed by atoms with Crippen LogP contribution in [0.3, 0.4) is 0 Å². The molecule has 1 aliphatic heterocycles. The molecule has 4 heteroatoms. The average Bonchev–Trinajstić information content (AvgIpc) is 2.38. The minimum atomic E-state index is -0.140. The highest BCUT2D eigenvalue weighted by Crippen LogP contribution is 2.28. The predicted octanol–water partition coefficient (Wildman–Crippen LogP) is 1.85. The molecular formula is C13H15NO3. The van der Waals surface area contributed by atoms with Gasteiger partial charge in [-0.3, -0.25) is 4.79 Å². The monoisotopic (exact) mass is 233 g/mol. The summed E-state index contributed by atoms with van der Waals surface area (Å²) in [6, 6.07) is 3.72. The molecule has 1 aliphatic rings. The van der Waals surface area contributed by atoms with Crippen LogP contribution in [0.1, 0.15) is 18.9 Å². The number of carbonyl (C=O) groups is 1. The Morgan fingerprint density at radius 2 is 2.35 bits per heavy atom. The Morgan fingerprint density at radius 3 is 2.94 bits per heavy atom. The third-order valence-electron chi connectivity index (χ3n) is 2.93. The van der Waals surface area contributed by atoms with E-state index >= 15 is 0 Å². The highest BCUT2D eigenvalue weighted by molar-refractivity contribution is 5.89. The van der Waals surface area contributed by atoms with Crippen molar-refractivity contribution in [3.8, 4) is 5.88 Å². The molecule has 0 saturated carbocycles. The van der Waals surface area contributed by atoms with Gasteiger partial charge in [0.25, 0.3) is 0 Å². The molecule has 0 N–H and O–H groups in total. The molecule has 1 unspecified atom stereocenters. The van der Waals surface area contributed by atoms with Crippen molar-refractivity contribution in [3.63, 3.8) is 0 Å². The van der Waals surface area contributed by atoms with Crippen molar-refractivity contribution >= 4 is 11.9 Å². The first-order valence-electron chi connectivity index (χ1n) is 5.56. The van der Waals surface area contributed by atoms with Gasteiger partial charge in [0.05, 0.1) is 19.8 Å². The van der Waals surface area contributed by atoms with Crippen LogP contribution in [0.5, 0.6) is 5.88 Å². The van der Waals surface area contributed by atoms with Gasteiger partial charge in [0, 0.05) is 17.8 Å². The van der Waals surface area contributed by atoms with Crippen LogP contribution in [0.2, 0.25) is 0 Å². The number of rotatable bonds is 3. The van der Waals surface area contributed by atoms with Crippen molar-refractivity contribution in [2.75, 3.05) is 13.7 Å². The maximum absolute atomic E-state index is 11.1. The van der Waals surface area contributed by atoms with Crippen LogP contribution >= 0.6 is 0 Å². The van der Waals surface area contributed by atoms with E-state index in [1.165, 1.54) is 0 Å². The Labute approximate surface area is 100 Å². The van der Waals surface area contributed by atoms with E-state index in [2.05, 4.69) is 4.98 Å². The zero-order valence-electron chi connectivity index (χ0n) is 9.97. The fourth-order valence-electron chi connectivity index (χ4n) is 1.97. The molecule has 0 aromatic carbocycles. The Hall–Kier alpha value is -1.68. The van der Waals surface area contributed by atoms with Gasteiger partial charge >= 0.3 is 0 Å². The summed E-state index contributed by atoms with van der Waals surface area (Å²) in [6.07, 6.45) is 3.21. The fourth-order valence-corrected chi connectivity index (χ4v) is 1.97. The standard InChI is InChI=1S/C13H15NO3/c1-9-12(8-15)11(5-6-17-9)10-3-4-13(16-2)14-7-10/h3-4,7-9H,5-6H2,1-2H3. The van der Waals surface area contributed by atoms with Gasteiger partial charge in [-0.25, -0.2) is 4.98 Å². The molecule has 17 heavy (non-hydrogen) atoms. The van der Waals surface area contributed by atoms with Gasteiger partial charge in [0.15, 0.2) is 0 Å². The van der Waals surface area contributed by atoms with Crippen LogP contribution < -0.4 is 4.74 Å². The summed E-state index contributed by atoms with van der Waals surface area (Å²) in [5.74, 6) is 0.571. The second-order valence-corrected chi connectivity index (χ2v) is 3.90. The summed E-state index contributed by atoms with van der Waals surface area (Å²) in [5.41, 5.74) is 2.69. The molecule has 1 atom stereocenters. The van der Waals surface area contributed by atoms with E-state index in [4.69, 9.17) is 9.47 Å². The topological polar surface area (TPSA) is 48.4 Å². The molecule has 2 heterocycles. The van der Waals surface area contributed by atoms with E-state index in [1.54, 1.807) is 19.4 Å². The minimum Gasteiger partial charge on any atom is -0.481 e. The predicted molar refractivity (Wildman–Crippen MR) is 63.8 cm³/mol. The van der Waals surface area contributed by atoms with E-state index in [0.29, 0.717) is 18.1 Å². The van der Waals surface area contributed by atoms with Gasteiger partial charge in [0.1, 0.15) is 6.29 Å². The van der Waals surface area contributed by atoms with Crippen molar-refractivity contribution in [2.24, 2.45) is 0 Å². The van der Waals surface area contributed by atoms with Crippen LogP contribution in [-0.4, -0.2) is 31.1 Å². The van der Waals surface area contributed by atoms with Crippen molar-refractivity contribution in [3.05, 3.63) is 29.5 Å². The molecule has 1 aromatic heterocycles. The second kappa shape index (κ2) is 5.10. The Morgan fingerprint density at radius 1 is 1.53 bits per heavy atom. The normalized spacial score (nSPS) is 20.2. The fraction of sp³-hybridized carbons (Fsp3) is 0.385. The lowest BCUT2D eigenvalue weighted by molar-refractivity contribution is -0.106. The Balaban J connectivity index is 2.39. The van der Waals surface area contributed by atoms with E-state index in [-0.39, 0.29) is 6.10 Å². The highest BCUT2D eigenvalue weighted by atomic mass is 16.5. The number of carbonyl (C=O) groups excluding carboxylic acids is 1. The van der Waals surface area contributed by atoms with Crippen LogP contribution in [0.4, 0.5) is 0 Å². The third kappa shape index (κ3) is 2.36. The number of aldehydes is 1. The number of ether oxygens (including phenoxy) is 2. The summed E-state index contributed by atoms with van der Waals surface area (Å²) in [5, 5.41) is 0. The number of pyridine rings is 1. The molecule has 0 fully saturated rings. The van der Waals surface area contributed by atoms with Gasteiger partial charge in [-0.1, -0.05) is 0 Å². The SMILES string of the molecule is COc1ccc(C2=C(C=O)C(C)OCC2)cn1. The van der Waals surface area contributed by atoms with Crippen LogP contribution in [0.25, 0.3) is 5.57 Å². The van der Waals surface area contributed by atoms with Gasteiger partial charge in [0.2, 0.25) is 5.88 Å². The zero-order valence-corrected chi connectivity index (χ0v) is 9.97.